The molecule has 1 fully saturated rings. The molecule has 1 atom stereocenters. The van der Waals surface area contributed by atoms with Crippen LogP contribution in [0, 0.1) is 0 Å². The predicted octanol–water partition coefficient (Wildman–Crippen LogP) is 1.02. The minimum Gasteiger partial charge on any atom is -0.444 e. The molecule has 2 N–H and O–H groups in total. The molecule has 0 aromatic carbocycles. The van der Waals surface area contributed by atoms with Gasteiger partial charge in [-0.25, -0.2) is 14.6 Å². The van der Waals surface area contributed by atoms with Crippen molar-refractivity contribution >= 4 is 69.0 Å². The number of nitrogens with zero attached hydrogens (tertiary/aromatic N) is 3. The second-order valence-corrected chi connectivity index (χ2v) is 9.36. The zero-order valence-electron chi connectivity index (χ0n) is 16.4. The van der Waals surface area contributed by atoms with Crippen molar-refractivity contribution in [1.82, 2.24) is 20.3 Å². The molecule has 1 radical (unpaired) electrons. The van der Waals surface area contributed by atoms with E-state index < -0.39 is 34.2 Å². The standard InChI is InChI=1S/C15H20N4O7S2.Na/c1-15(2,3)25-13(20)17-6-11-5-16-12(27-11)9-4-10-8-18(7-9)14(21)19(10)26-28(22,23)24;/h4-5,10H,6-8H2,1-3H3,(H,17,20)(H,22,23,24);. The molecular formula is C15H20N4NaO7S2. The van der Waals surface area contributed by atoms with Crippen LogP contribution >= 0.6 is 11.3 Å². The summed E-state index contributed by atoms with van der Waals surface area (Å²) in [7, 11) is -4.80. The van der Waals surface area contributed by atoms with E-state index in [0.29, 0.717) is 10.1 Å². The first-order valence-electron chi connectivity index (χ1n) is 8.29. The number of fused-ring (bicyclic) bond motifs is 2. The van der Waals surface area contributed by atoms with Gasteiger partial charge in [0.05, 0.1) is 19.1 Å². The summed E-state index contributed by atoms with van der Waals surface area (Å²) in [5.74, 6) is 0. The fraction of sp³-hybridized carbons (Fsp3) is 0.533. The fourth-order valence-electron chi connectivity index (χ4n) is 2.74. The number of aromatic nitrogens is 1. The molecule has 0 aliphatic carbocycles. The number of carbonyl (C=O) groups is 2. The molecule has 2 aliphatic rings. The van der Waals surface area contributed by atoms with E-state index in [0.717, 1.165) is 10.5 Å². The van der Waals surface area contributed by atoms with Crippen LogP contribution in [0.3, 0.4) is 0 Å². The summed E-state index contributed by atoms with van der Waals surface area (Å²) in [5.41, 5.74) is 0.131. The van der Waals surface area contributed by atoms with Gasteiger partial charge in [-0.05, 0) is 26.8 Å². The van der Waals surface area contributed by atoms with Gasteiger partial charge in [0, 0.05) is 52.7 Å². The van der Waals surface area contributed by atoms with Gasteiger partial charge in [0.15, 0.2) is 0 Å². The number of hydrogen-bond acceptors (Lipinski definition) is 8. The number of amides is 3. The molecule has 2 aliphatic heterocycles. The van der Waals surface area contributed by atoms with Gasteiger partial charge >= 0.3 is 22.5 Å². The number of thiazole rings is 1. The molecule has 14 heteroatoms. The topological polar surface area (TPSA) is 138 Å². The quantitative estimate of drug-likeness (QED) is 0.496. The van der Waals surface area contributed by atoms with E-state index >= 15 is 0 Å². The monoisotopic (exact) mass is 455 g/mol. The number of carbonyl (C=O) groups excluding carboxylic acids is 2. The molecule has 155 valence electrons. The third kappa shape index (κ3) is 6.38. The molecule has 0 spiro atoms. The molecule has 11 nitrogen and oxygen atoms in total. The van der Waals surface area contributed by atoms with Gasteiger partial charge in [0.1, 0.15) is 10.6 Å². The van der Waals surface area contributed by atoms with E-state index in [4.69, 9.17) is 9.29 Å². The van der Waals surface area contributed by atoms with Crippen molar-refractivity contribution in [2.45, 2.75) is 39.0 Å². The van der Waals surface area contributed by atoms with Crippen LogP contribution in [0.1, 0.15) is 30.7 Å². The first-order valence-corrected chi connectivity index (χ1v) is 10.5. The molecule has 1 aromatic rings. The Morgan fingerprint density at radius 1 is 1.45 bits per heavy atom. The van der Waals surface area contributed by atoms with Crippen LogP contribution in [0.15, 0.2) is 12.3 Å². The maximum Gasteiger partial charge on any atom is 0.418 e. The maximum absolute atomic E-state index is 12.2. The van der Waals surface area contributed by atoms with Crippen molar-refractivity contribution in [3.63, 3.8) is 0 Å². The van der Waals surface area contributed by atoms with Crippen LogP contribution in [-0.4, -0.2) is 94.3 Å². The molecule has 3 heterocycles. The summed E-state index contributed by atoms with van der Waals surface area (Å²) in [4.78, 5) is 30.4. The summed E-state index contributed by atoms with van der Waals surface area (Å²) >= 11 is 1.33. The molecule has 3 rings (SSSR count). The van der Waals surface area contributed by atoms with Crippen molar-refractivity contribution in [2.24, 2.45) is 0 Å². The third-order valence-electron chi connectivity index (χ3n) is 3.73. The number of rotatable bonds is 5. The van der Waals surface area contributed by atoms with E-state index in [1.165, 1.54) is 16.2 Å². The van der Waals surface area contributed by atoms with Crippen LogP contribution in [-0.2, 0) is 26.0 Å². The van der Waals surface area contributed by atoms with Gasteiger partial charge in [0.2, 0.25) is 0 Å². The first kappa shape index (κ1) is 24.1. The molecule has 1 saturated heterocycles. The fourth-order valence-corrected chi connectivity index (χ4v) is 3.99. The third-order valence-corrected chi connectivity index (χ3v) is 5.15. The Morgan fingerprint density at radius 3 is 2.76 bits per heavy atom. The zero-order chi connectivity index (χ0) is 20.7. The number of hydrogen-bond donors (Lipinski definition) is 2. The van der Waals surface area contributed by atoms with Gasteiger partial charge < -0.3 is 15.0 Å². The molecule has 3 amide bonds. The second kappa shape index (κ2) is 8.88. The Labute approximate surface area is 194 Å². The number of ether oxygens (including phenoxy) is 1. The average Bonchev–Trinajstić information content (AvgIpc) is 3.10. The van der Waals surface area contributed by atoms with Crippen LogP contribution < -0.4 is 5.32 Å². The van der Waals surface area contributed by atoms with Crippen molar-refractivity contribution < 1.29 is 31.6 Å². The maximum atomic E-state index is 12.2. The molecular weight excluding hydrogens is 435 g/mol. The Kier molecular flexibility index (Phi) is 7.36. The van der Waals surface area contributed by atoms with Crippen molar-refractivity contribution in [3.8, 4) is 0 Å². The van der Waals surface area contributed by atoms with E-state index in [9.17, 15) is 18.0 Å². The smallest absolute Gasteiger partial charge is 0.418 e. The van der Waals surface area contributed by atoms with Crippen LogP contribution in [0.4, 0.5) is 9.59 Å². The zero-order valence-corrected chi connectivity index (χ0v) is 20.0. The summed E-state index contributed by atoms with van der Waals surface area (Å²) in [6.07, 6.45) is 2.75. The van der Waals surface area contributed by atoms with E-state index in [1.807, 2.05) is 0 Å². The molecule has 0 saturated carbocycles. The second-order valence-electron chi connectivity index (χ2n) is 7.24. The Balaban J connectivity index is 0.00000300. The predicted molar refractivity (Wildman–Crippen MR) is 104 cm³/mol. The first-order chi connectivity index (χ1) is 12.9. The minimum atomic E-state index is -4.80. The average molecular weight is 455 g/mol. The Hall–Kier alpha value is -1.22. The Bertz CT molecular complexity index is 925. The number of hydroxylamine groups is 2. The van der Waals surface area contributed by atoms with Gasteiger partial charge in [-0.15, -0.1) is 15.6 Å². The summed E-state index contributed by atoms with van der Waals surface area (Å²) in [5, 5.41) is 3.91. The number of alkyl carbamates (subject to hydrolysis) is 1. The largest absolute Gasteiger partial charge is 0.444 e. The summed E-state index contributed by atoms with van der Waals surface area (Å²) < 4.78 is 40.2. The molecule has 29 heavy (non-hydrogen) atoms. The van der Waals surface area contributed by atoms with E-state index in [-0.39, 0.29) is 49.2 Å². The van der Waals surface area contributed by atoms with Crippen LogP contribution in [0.5, 0.6) is 0 Å². The van der Waals surface area contributed by atoms with Gasteiger partial charge in [-0.1, -0.05) is 0 Å². The van der Waals surface area contributed by atoms with Crippen molar-refractivity contribution in [1.29, 1.82) is 0 Å². The van der Waals surface area contributed by atoms with E-state index in [2.05, 4.69) is 14.6 Å². The van der Waals surface area contributed by atoms with E-state index in [1.54, 1.807) is 33.0 Å². The molecule has 1 aromatic heterocycles. The normalized spacial score (nSPS) is 19.0. The van der Waals surface area contributed by atoms with Crippen molar-refractivity contribution in [2.75, 3.05) is 13.1 Å². The molecule has 1 unspecified atom stereocenters. The summed E-state index contributed by atoms with van der Waals surface area (Å²) in [6, 6.07) is -1.32. The Morgan fingerprint density at radius 2 is 2.14 bits per heavy atom. The van der Waals surface area contributed by atoms with Crippen LogP contribution in [0.2, 0.25) is 0 Å². The van der Waals surface area contributed by atoms with Gasteiger partial charge in [-0.3, -0.25) is 4.55 Å². The number of urea groups is 1. The van der Waals surface area contributed by atoms with Gasteiger partial charge in [-0.2, -0.15) is 13.5 Å². The van der Waals surface area contributed by atoms with Crippen molar-refractivity contribution in [3.05, 3.63) is 22.2 Å². The molecule has 2 bridgehead atoms. The van der Waals surface area contributed by atoms with Gasteiger partial charge in [0.25, 0.3) is 0 Å². The summed E-state index contributed by atoms with van der Waals surface area (Å²) in [6.45, 7) is 6.03. The SMILES string of the molecule is CC(C)(C)OC(=O)NCc1cnc(C2=CC3CN(C2)C(=O)N3OS(=O)(=O)O)s1.[Na]. The number of nitrogens with one attached hydrogen (secondary N) is 1. The van der Waals surface area contributed by atoms with Crippen LogP contribution in [0.25, 0.3) is 5.57 Å². The minimum absolute atomic E-state index is 0.